The summed E-state index contributed by atoms with van der Waals surface area (Å²) in [5, 5.41) is 6.22. The number of rotatable bonds is 1. The number of hydrazine groups is 1. The van der Waals surface area contributed by atoms with Gasteiger partial charge >= 0.3 is 5.97 Å². The van der Waals surface area contributed by atoms with Crippen molar-refractivity contribution in [3.05, 3.63) is 47.8 Å². The van der Waals surface area contributed by atoms with Gasteiger partial charge < -0.3 is 14.8 Å². The fourth-order valence-corrected chi connectivity index (χ4v) is 4.74. The summed E-state index contributed by atoms with van der Waals surface area (Å²) >= 11 is 0. The smallest absolute Gasteiger partial charge is 0.325 e. The van der Waals surface area contributed by atoms with Gasteiger partial charge in [-0.3, -0.25) is 24.4 Å². The van der Waals surface area contributed by atoms with Crippen LogP contribution in [0.1, 0.15) is 70.7 Å². The Hall–Kier alpha value is -3.30. The Morgan fingerprint density at radius 1 is 1.08 bits per heavy atom. The first kappa shape index (κ1) is 27.7. The number of nitrogens with zero attached hydrogens (tertiary/aromatic N) is 2. The first-order valence-corrected chi connectivity index (χ1v) is 13.5. The lowest BCUT2D eigenvalue weighted by Crippen LogP contribution is -2.60. The Bertz CT molecular complexity index is 1200. The number of fused-ring (bicyclic) bond motifs is 4. The summed E-state index contributed by atoms with van der Waals surface area (Å²) in [7, 11) is 0. The van der Waals surface area contributed by atoms with Crippen LogP contribution in [-0.2, 0) is 23.9 Å². The van der Waals surface area contributed by atoms with Gasteiger partial charge in [0.1, 0.15) is 24.3 Å². The highest BCUT2D eigenvalue weighted by molar-refractivity contribution is 5.89. The average molecular weight is 523 g/mol. The number of carbonyl (C=O) groups is 3. The molecule has 9 nitrogen and oxygen atoms in total. The second-order valence-corrected chi connectivity index (χ2v) is 10.4. The van der Waals surface area contributed by atoms with Gasteiger partial charge in [-0.05, 0) is 74.6 Å². The minimum absolute atomic E-state index is 0.0562. The third kappa shape index (κ3) is 6.76. The van der Waals surface area contributed by atoms with E-state index in [1.54, 1.807) is 6.92 Å². The molecule has 2 amide bonds. The summed E-state index contributed by atoms with van der Waals surface area (Å²) in [5.74, 6) is -1.10. The van der Waals surface area contributed by atoms with Crippen molar-refractivity contribution < 1.29 is 23.9 Å². The van der Waals surface area contributed by atoms with Gasteiger partial charge in [0.25, 0.3) is 5.91 Å². The van der Waals surface area contributed by atoms with Crippen molar-refractivity contribution in [1.29, 1.82) is 0 Å². The van der Waals surface area contributed by atoms with Crippen LogP contribution in [0, 0.1) is 5.92 Å². The van der Waals surface area contributed by atoms with Crippen molar-refractivity contribution in [3.63, 3.8) is 0 Å². The number of esters is 1. The predicted molar refractivity (Wildman–Crippen MR) is 145 cm³/mol. The minimum atomic E-state index is -0.775. The molecule has 4 rings (SSSR count). The quantitative estimate of drug-likeness (QED) is 0.550. The standard InChI is InChI=1S/C29H38N4O5/c1-18(2)26-27(34)31-19(3)28(35)33-13-8-10-25(32-33)29(36)38-20(4)21-11-12-22-17-30-24(16-23(22)15-21)9-6-5-7-14-37-26/h6,9,11-12,15-20,25-26,32H,5,7-8,10,13-14H2,1-4H3,(H,31,34). The number of cyclic esters (lactones) is 1. The van der Waals surface area contributed by atoms with Gasteiger partial charge in [-0.15, -0.1) is 0 Å². The number of nitrogens with one attached hydrogen (secondary N) is 2. The van der Waals surface area contributed by atoms with Gasteiger partial charge in [0.2, 0.25) is 5.91 Å². The van der Waals surface area contributed by atoms with Crippen molar-refractivity contribution in [2.24, 2.45) is 5.92 Å². The highest BCUT2D eigenvalue weighted by Gasteiger charge is 2.33. The maximum Gasteiger partial charge on any atom is 0.325 e. The van der Waals surface area contributed by atoms with Crippen LogP contribution in [0.4, 0.5) is 0 Å². The molecule has 1 saturated heterocycles. The zero-order valence-electron chi connectivity index (χ0n) is 22.6. The number of benzene rings is 1. The molecule has 0 saturated carbocycles. The van der Waals surface area contributed by atoms with Gasteiger partial charge in [0.05, 0.1) is 5.69 Å². The summed E-state index contributed by atoms with van der Waals surface area (Å²) < 4.78 is 11.7. The second kappa shape index (κ2) is 12.5. The molecule has 1 fully saturated rings. The van der Waals surface area contributed by atoms with Crippen LogP contribution in [0.25, 0.3) is 16.8 Å². The molecule has 3 heterocycles. The fraction of sp³-hybridized carbons (Fsp3) is 0.517. The van der Waals surface area contributed by atoms with Crippen LogP contribution in [-0.4, -0.2) is 59.1 Å². The summed E-state index contributed by atoms with van der Waals surface area (Å²) in [6.45, 7) is 8.19. The van der Waals surface area contributed by atoms with Crippen molar-refractivity contribution in [2.45, 2.75) is 77.7 Å². The Morgan fingerprint density at radius 2 is 1.89 bits per heavy atom. The maximum absolute atomic E-state index is 13.1. The molecule has 4 atom stereocenters. The van der Waals surface area contributed by atoms with Crippen LogP contribution in [0.5, 0.6) is 0 Å². The van der Waals surface area contributed by atoms with E-state index in [9.17, 15) is 14.4 Å². The van der Waals surface area contributed by atoms with E-state index < -0.39 is 30.3 Å². The topological polar surface area (TPSA) is 110 Å². The third-order valence-electron chi connectivity index (χ3n) is 6.96. The lowest BCUT2D eigenvalue weighted by molar-refractivity contribution is -0.157. The first-order valence-electron chi connectivity index (χ1n) is 13.5. The molecule has 5 bridgehead atoms. The molecule has 1 aromatic heterocycles. The van der Waals surface area contributed by atoms with Gasteiger partial charge in [0, 0.05) is 24.7 Å². The normalized spacial score (nSPS) is 26.2. The number of amides is 2. The Kier molecular flexibility index (Phi) is 9.12. The molecule has 0 radical (unpaired) electrons. The monoisotopic (exact) mass is 522 g/mol. The van der Waals surface area contributed by atoms with Crippen LogP contribution in [0.2, 0.25) is 0 Å². The predicted octanol–water partition coefficient (Wildman–Crippen LogP) is 3.69. The maximum atomic E-state index is 13.1. The molecule has 204 valence electrons. The van der Waals surface area contributed by atoms with Gasteiger partial charge in [-0.2, -0.15) is 0 Å². The molecule has 2 aromatic rings. The summed E-state index contributed by atoms with van der Waals surface area (Å²) in [6.07, 6.45) is 7.45. The molecular weight excluding hydrogens is 484 g/mol. The number of pyridine rings is 1. The summed E-state index contributed by atoms with van der Waals surface area (Å²) in [6, 6.07) is 6.53. The zero-order valence-corrected chi connectivity index (χ0v) is 22.6. The lowest BCUT2D eigenvalue weighted by atomic mass is 10.0. The molecule has 2 aliphatic rings. The highest BCUT2D eigenvalue weighted by Crippen LogP contribution is 2.24. The molecule has 1 aromatic carbocycles. The van der Waals surface area contributed by atoms with Crippen molar-refractivity contribution in [2.75, 3.05) is 13.2 Å². The van der Waals surface area contributed by atoms with Crippen molar-refractivity contribution >= 4 is 34.6 Å². The van der Waals surface area contributed by atoms with E-state index in [2.05, 4.69) is 15.7 Å². The lowest BCUT2D eigenvalue weighted by Gasteiger charge is -2.35. The number of aromatic nitrogens is 1. The molecule has 38 heavy (non-hydrogen) atoms. The van der Waals surface area contributed by atoms with Crippen molar-refractivity contribution in [1.82, 2.24) is 20.7 Å². The van der Waals surface area contributed by atoms with Crippen LogP contribution in [0.3, 0.4) is 0 Å². The highest BCUT2D eigenvalue weighted by atomic mass is 16.5. The number of carbonyl (C=O) groups excluding carboxylic acids is 3. The van der Waals surface area contributed by atoms with Gasteiger partial charge in [0.15, 0.2) is 0 Å². The molecule has 2 N–H and O–H groups in total. The number of allylic oxidation sites excluding steroid dienone is 1. The average Bonchev–Trinajstić information content (AvgIpc) is 2.90. The molecular formula is C29H38N4O5. The molecule has 4 unspecified atom stereocenters. The first-order chi connectivity index (χ1) is 18.2. The number of ether oxygens (including phenoxy) is 2. The zero-order chi connectivity index (χ0) is 27.2. The van der Waals surface area contributed by atoms with Gasteiger partial charge in [-0.1, -0.05) is 32.1 Å². The summed E-state index contributed by atoms with van der Waals surface area (Å²) in [5.41, 5.74) is 4.73. The van der Waals surface area contributed by atoms with Crippen LogP contribution >= 0.6 is 0 Å². The van der Waals surface area contributed by atoms with E-state index in [1.165, 1.54) is 5.01 Å². The third-order valence-corrected chi connectivity index (χ3v) is 6.96. The van der Waals surface area contributed by atoms with E-state index in [0.717, 1.165) is 34.9 Å². The summed E-state index contributed by atoms with van der Waals surface area (Å²) in [4.78, 5) is 43.6. The van der Waals surface area contributed by atoms with Crippen molar-refractivity contribution in [3.8, 4) is 0 Å². The van der Waals surface area contributed by atoms with E-state index in [-0.39, 0.29) is 17.7 Å². The molecule has 0 aliphatic carbocycles. The molecule has 0 spiro atoms. The van der Waals surface area contributed by atoms with Gasteiger partial charge in [-0.25, -0.2) is 5.43 Å². The number of hydrogen-bond donors (Lipinski definition) is 2. The van der Waals surface area contributed by atoms with Crippen LogP contribution in [0.15, 0.2) is 36.5 Å². The molecule has 9 heteroatoms. The fourth-order valence-electron chi connectivity index (χ4n) is 4.74. The second-order valence-electron chi connectivity index (χ2n) is 10.4. The Balaban J connectivity index is 1.58. The SMILES string of the molecule is CC1NC(=O)C(C(C)C)OCCCC=Cc2cc3cc(ccc3cn2)C(C)OC(=O)C2CCCN(N2)C1=O. The van der Waals surface area contributed by atoms with E-state index in [1.807, 2.05) is 63.4 Å². The molecule has 2 aliphatic heterocycles. The Morgan fingerprint density at radius 3 is 2.68 bits per heavy atom. The van der Waals surface area contributed by atoms with E-state index >= 15 is 0 Å². The van der Waals surface area contributed by atoms with Crippen LogP contribution < -0.4 is 10.7 Å². The van der Waals surface area contributed by atoms with E-state index in [0.29, 0.717) is 26.0 Å². The number of hydrogen-bond acceptors (Lipinski definition) is 7. The van der Waals surface area contributed by atoms with E-state index in [4.69, 9.17) is 9.47 Å². The minimum Gasteiger partial charge on any atom is -0.457 e. The largest absolute Gasteiger partial charge is 0.457 e. The Labute approximate surface area is 223 Å².